The summed E-state index contributed by atoms with van der Waals surface area (Å²) in [4.78, 5) is 10.3. The van der Waals surface area contributed by atoms with Gasteiger partial charge in [0.1, 0.15) is 6.29 Å². The second-order valence-electron chi connectivity index (χ2n) is 5.78. The number of hydrogen-bond acceptors (Lipinski definition) is 1. The molecular formula is C14H26O. The van der Waals surface area contributed by atoms with E-state index in [9.17, 15) is 4.79 Å². The highest BCUT2D eigenvalue weighted by atomic mass is 16.1. The predicted octanol–water partition coefficient (Wildman–Crippen LogP) is 4.06. The van der Waals surface area contributed by atoms with Crippen molar-refractivity contribution in [2.45, 2.75) is 59.3 Å². The van der Waals surface area contributed by atoms with Crippen LogP contribution in [0.5, 0.6) is 0 Å². The number of hydrogen-bond donors (Lipinski definition) is 0. The highest BCUT2D eigenvalue weighted by molar-refractivity contribution is 5.48. The first-order chi connectivity index (χ1) is 7.13. The lowest BCUT2D eigenvalue weighted by Gasteiger charge is -2.35. The largest absolute Gasteiger partial charge is 0.303 e. The van der Waals surface area contributed by atoms with Crippen LogP contribution in [0.4, 0.5) is 0 Å². The van der Waals surface area contributed by atoms with E-state index in [2.05, 4.69) is 20.8 Å². The highest BCUT2D eigenvalue weighted by Gasteiger charge is 2.27. The molecule has 1 aliphatic carbocycles. The van der Waals surface area contributed by atoms with Crippen LogP contribution in [0.15, 0.2) is 0 Å². The Morgan fingerprint density at radius 1 is 1.27 bits per heavy atom. The van der Waals surface area contributed by atoms with Crippen molar-refractivity contribution in [2.75, 3.05) is 0 Å². The van der Waals surface area contributed by atoms with Crippen LogP contribution in [-0.2, 0) is 4.79 Å². The van der Waals surface area contributed by atoms with E-state index >= 15 is 0 Å². The summed E-state index contributed by atoms with van der Waals surface area (Å²) in [6, 6.07) is 0. The third-order valence-electron chi connectivity index (χ3n) is 3.95. The molecule has 1 rings (SSSR count). The molecule has 0 radical (unpaired) electrons. The van der Waals surface area contributed by atoms with Gasteiger partial charge in [-0.25, -0.2) is 0 Å². The summed E-state index contributed by atoms with van der Waals surface area (Å²) in [5.41, 5.74) is 0. The van der Waals surface area contributed by atoms with Gasteiger partial charge in [0.15, 0.2) is 0 Å². The molecule has 1 nitrogen and oxygen atoms in total. The zero-order valence-corrected chi connectivity index (χ0v) is 10.5. The quantitative estimate of drug-likeness (QED) is 0.494. The predicted molar refractivity (Wildman–Crippen MR) is 64.7 cm³/mol. The van der Waals surface area contributed by atoms with Crippen LogP contribution in [0.1, 0.15) is 59.3 Å². The van der Waals surface area contributed by atoms with E-state index < -0.39 is 0 Å². The molecule has 0 aromatic heterocycles. The number of carbonyl (C=O) groups excluding carboxylic acids is 1. The summed E-state index contributed by atoms with van der Waals surface area (Å²) in [5.74, 6) is 3.55. The lowest BCUT2D eigenvalue weighted by Crippen LogP contribution is -2.24. The Balaban J connectivity index is 2.34. The molecule has 1 fully saturated rings. The monoisotopic (exact) mass is 210 g/mol. The number of aldehydes is 1. The normalized spacial score (nSPS) is 31.9. The third kappa shape index (κ3) is 4.36. The molecule has 15 heavy (non-hydrogen) atoms. The molecule has 3 atom stereocenters. The van der Waals surface area contributed by atoms with Crippen LogP contribution in [0.2, 0.25) is 0 Å². The fourth-order valence-electron chi connectivity index (χ4n) is 3.07. The van der Waals surface area contributed by atoms with Crippen LogP contribution in [-0.4, -0.2) is 6.29 Å². The van der Waals surface area contributed by atoms with Crippen molar-refractivity contribution in [1.82, 2.24) is 0 Å². The topological polar surface area (TPSA) is 17.1 Å². The summed E-state index contributed by atoms with van der Waals surface area (Å²) in [7, 11) is 0. The van der Waals surface area contributed by atoms with Gasteiger partial charge in [-0.05, 0) is 49.4 Å². The van der Waals surface area contributed by atoms with E-state index in [4.69, 9.17) is 0 Å². The van der Waals surface area contributed by atoms with Gasteiger partial charge in [0, 0.05) is 6.42 Å². The van der Waals surface area contributed by atoms with Gasteiger partial charge >= 0.3 is 0 Å². The van der Waals surface area contributed by atoms with E-state index in [1.54, 1.807) is 0 Å². The Morgan fingerprint density at radius 3 is 2.60 bits per heavy atom. The summed E-state index contributed by atoms with van der Waals surface area (Å²) >= 11 is 0. The number of rotatable bonds is 5. The van der Waals surface area contributed by atoms with E-state index in [1.165, 1.54) is 25.7 Å². The lowest BCUT2D eigenvalue weighted by molar-refractivity contribution is -0.108. The fraction of sp³-hybridized carbons (Fsp3) is 0.929. The van der Waals surface area contributed by atoms with Gasteiger partial charge in [-0.1, -0.05) is 27.2 Å². The maximum absolute atomic E-state index is 10.3. The SMILES string of the molecule is CC1CC(CCCC=O)CC(C(C)C)C1. The van der Waals surface area contributed by atoms with Gasteiger partial charge in [0.2, 0.25) is 0 Å². The molecule has 0 heterocycles. The minimum Gasteiger partial charge on any atom is -0.303 e. The maximum Gasteiger partial charge on any atom is 0.119 e. The first-order valence-corrected chi connectivity index (χ1v) is 6.57. The smallest absolute Gasteiger partial charge is 0.119 e. The molecule has 0 spiro atoms. The van der Waals surface area contributed by atoms with Crippen molar-refractivity contribution in [3.63, 3.8) is 0 Å². The van der Waals surface area contributed by atoms with Crippen LogP contribution < -0.4 is 0 Å². The zero-order chi connectivity index (χ0) is 11.3. The minimum absolute atomic E-state index is 0.761. The van der Waals surface area contributed by atoms with Crippen molar-refractivity contribution < 1.29 is 4.79 Å². The molecule has 0 amide bonds. The summed E-state index contributed by atoms with van der Waals surface area (Å²) in [5, 5.41) is 0. The molecule has 0 aliphatic heterocycles. The highest BCUT2D eigenvalue weighted by Crippen LogP contribution is 2.38. The molecule has 1 heteroatoms. The molecule has 88 valence electrons. The Morgan fingerprint density at radius 2 is 2.00 bits per heavy atom. The zero-order valence-electron chi connectivity index (χ0n) is 10.5. The van der Waals surface area contributed by atoms with E-state index in [0.29, 0.717) is 0 Å². The van der Waals surface area contributed by atoms with Crippen LogP contribution in [0.3, 0.4) is 0 Å². The Hall–Kier alpha value is -0.330. The molecule has 0 aromatic carbocycles. The van der Waals surface area contributed by atoms with Crippen molar-refractivity contribution in [1.29, 1.82) is 0 Å². The van der Waals surface area contributed by atoms with Crippen LogP contribution >= 0.6 is 0 Å². The Bertz CT molecular complexity index is 186. The average Bonchev–Trinajstić information content (AvgIpc) is 2.17. The third-order valence-corrected chi connectivity index (χ3v) is 3.95. The second kappa shape index (κ2) is 6.30. The van der Waals surface area contributed by atoms with Gasteiger partial charge < -0.3 is 4.79 Å². The van der Waals surface area contributed by atoms with Crippen molar-refractivity contribution in [3.8, 4) is 0 Å². The first kappa shape index (κ1) is 12.7. The van der Waals surface area contributed by atoms with Crippen molar-refractivity contribution in [2.24, 2.45) is 23.7 Å². The van der Waals surface area contributed by atoms with Gasteiger partial charge in [0.05, 0.1) is 0 Å². The Kier molecular flexibility index (Phi) is 5.35. The van der Waals surface area contributed by atoms with Crippen molar-refractivity contribution in [3.05, 3.63) is 0 Å². The van der Waals surface area contributed by atoms with Gasteiger partial charge in [0.25, 0.3) is 0 Å². The van der Waals surface area contributed by atoms with Gasteiger partial charge in [-0.3, -0.25) is 0 Å². The van der Waals surface area contributed by atoms with Gasteiger partial charge in [-0.15, -0.1) is 0 Å². The molecule has 1 aliphatic rings. The maximum atomic E-state index is 10.3. The number of unbranched alkanes of at least 4 members (excludes halogenated alkanes) is 1. The van der Waals surface area contributed by atoms with Crippen molar-refractivity contribution >= 4 is 6.29 Å². The minimum atomic E-state index is 0.761. The van der Waals surface area contributed by atoms with E-state index in [-0.39, 0.29) is 0 Å². The van der Waals surface area contributed by atoms with Gasteiger partial charge in [-0.2, -0.15) is 0 Å². The van der Waals surface area contributed by atoms with E-state index in [0.717, 1.165) is 42.8 Å². The van der Waals surface area contributed by atoms with Crippen LogP contribution in [0, 0.1) is 23.7 Å². The molecular weight excluding hydrogens is 184 g/mol. The fourth-order valence-corrected chi connectivity index (χ4v) is 3.07. The molecule has 0 saturated heterocycles. The standard InChI is InChI=1S/C14H26O/c1-11(2)14-9-12(3)8-13(10-14)6-4-5-7-15/h7,11-14H,4-6,8-10H2,1-3H3. The summed E-state index contributed by atoms with van der Waals surface area (Å²) in [6.45, 7) is 7.09. The second-order valence-corrected chi connectivity index (χ2v) is 5.78. The molecule has 0 N–H and O–H groups in total. The molecule has 3 unspecified atom stereocenters. The Labute approximate surface area is 94.6 Å². The van der Waals surface area contributed by atoms with E-state index in [1.807, 2.05) is 0 Å². The summed E-state index contributed by atoms with van der Waals surface area (Å²) in [6.07, 6.45) is 8.41. The first-order valence-electron chi connectivity index (χ1n) is 6.57. The molecule has 0 bridgehead atoms. The molecule has 1 saturated carbocycles. The number of carbonyl (C=O) groups is 1. The average molecular weight is 210 g/mol. The molecule has 0 aromatic rings. The van der Waals surface area contributed by atoms with Crippen LogP contribution in [0.25, 0.3) is 0 Å². The summed E-state index contributed by atoms with van der Waals surface area (Å²) < 4.78 is 0. The lowest BCUT2D eigenvalue weighted by atomic mass is 9.70.